The Hall–Kier alpha value is -2.65. The largest absolute Gasteiger partial charge is 0.497 e. The minimum atomic E-state index is -0.383. The third kappa shape index (κ3) is 4.10. The summed E-state index contributed by atoms with van der Waals surface area (Å²) in [5.74, 6) is 0.545. The predicted molar refractivity (Wildman–Crippen MR) is 106 cm³/mol. The Labute approximate surface area is 166 Å². The fourth-order valence-electron chi connectivity index (χ4n) is 3.30. The van der Waals surface area contributed by atoms with Crippen LogP contribution < -0.4 is 15.4 Å². The molecule has 1 saturated heterocycles. The van der Waals surface area contributed by atoms with Gasteiger partial charge in [0.1, 0.15) is 11.9 Å². The highest BCUT2D eigenvalue weighted by Gasteiger charge is 2.27. The molecule has 1 fully saturated rings. The number of carbonyl (C=O) groups is 2. The molecule has 8 nitrogen and oxygen atoms in total. The van der Waals surface area contributed by atoms with Gasteiger partial charge in [-0.25, -0.2) is 9.78 Å². The Morgan fingerprint density at radius 2 is 2.25 bits per heavy atom. The maximum atomic E-state index is 12.6. The van der Waals surface area contributed by atoms with E-state index >= 15 is 0 Å². The molecule has 2 aliphatic heterocycles. The fourth-order valence-corrected chi connectivity index (χ4v) is 4.32. The van der Waals surface area contributed by atoms with E-state index in [2.05, 4.69) is 15.6 Å². The van der Waals surface area contributed by atoms with E-state index in [-0.39, 0.29) is 18.0 Å². The first-order valence-corrected chi connectivity index (χ1v) is 10.0. The van der Waals surface area contributed by atoms with Crippen LogP contribution in [-0.4, -0.2) is 48.2 Å². The number of nitrogens with one attached hydrogen (secondary N) is 2. The highest BCUT2D eigenvalue weighted by Crippen LogP contribution is 2.29. The normalized spacial score (nSPS) is 18.5. The molecule has 2 N–H and O–H groups in total. The second kappa shape index (κ2) is 8.15. The fraction of sp³-hybridized carbons (Fsp3) is 0.421. The molecule has 9 heteroatoms. The van der Waals surface area contributed by atoms with Crippen molar-refractivity contribution in [1.82, 2.24) is 9.88 Å². The first-order chi connectivity index (χ1) is 13.6. The highest BCUT2D eigenvalue weighted by atomic mass is 32.1. The van der Waals surface area contributed by atoms with Crippen LogP contribution in [0.15, 0.2) is 24.3 Å². The maximum Gasteiger partial charge on any atom is 0.322 e. The van der Waals surface area contributed by atoms with E-state index in [0.717, 1.165) is 23.4 Å². The van der Waals surface area contributed by atoms with Gasteiger partial charge in [0.25, 0.3) is 5.91 Å². The monoisotopic (exact) mass is 402 g/mol. The molecule has 0 saturated carbocycles. The smallest absolute Gasteiger partial charge is 0.322 e. The van der Waals surface area contributed by atoms with Crippen molar-refractivity contribution >= 4 is 34.1 Å². The van der Waals surface area contributed by atoms with Crippen molar-refractivity contribution in [1.29, 1.82) is 0 Å². The van der Waals surface area contributed by atoms with Gasteiger partial charge in [-0.2, -0.15) is 0 Å². The predicted octanol–water partition coefficient (Wildman–Crippen LogP) is 2.86. The molecule has 28 heavy (non-hydrogen) atoms. The van der Waals surface area contributed by atoms with E-state index < -0.39 is 0 Å². The summed E-state index contributed by atoms with van der Waals surface area (Å²) in [6.45, 7) is 1.67. The van der Waals surface area contributed by atoms with Crippen LogP contribution >= 0.6 is 11.3 Å². The lowest BCUT2D eigenvalue weighted by atomic mass is 10.2. The summed E-state index contributed by atoms with van der Waals surface area (Å²) in [5, 5.41) is 6.32. The van der Waals surface area contributed by atoms with Crippen molar-refractivity contribution < 1.29 is 19.1 Å². The van der Waals surface area contributed by atoms with Crippen LogP contribution in [0.2, 0.25) is 0 Å². The number of aromatic nitrogens is 1. The Morgan fingerprint density at radius 3 is 3.04 bits per heavy atom. The van der Waals surface area contributed by atoms with Gasteiger partial charge in [0.2, 0.25) is 0 Å². The summed E-state index contributed by atoms with van der Waals surface area (Å²) in [6, 6.07) is 7.08. The summed E-state index contributed by atoms with van der Waals surface area (Å²) >= 11 is 1.42. The van der Waals surface area contributed by atoms with Gasteiger partial charge in [-0.05, 0) is 25.0 Å². The van der Waals surface area contributed by atoms with Gasteiger partial charge in [0.15, 0.2) is 5.13 Å². The number of carbonyl (C=O) groups excluding carboxylic acids is 2. The standard InChI is InChI=1S/C19H22N4O4S/c1-26-13-5-2-4-12(10-13)20-19(25)23-8-7-14-16(11-23)28-18(21-14)22-17(24)15-6-3-9-27-15/h2,4-5,10,15H,3,6-9,11H2,1H3,(H,20,25)(H,21,22,24). The number of urea groups is 1. The van der Waals surface area contributed by atoms with Crippen LogP contribution in [0.3, 0.4) is 0 Å². The maximum absolute atomic E-state index is 12.6. The lowest BCUT2D eigenvalue weighted by molar-refractivity contribution is -0.124. The Morgan fingerprint density at radius 1 is 1.36 bits per heavy atom. The SMILES string of the molecule is COc1cccc(NC(=O)N2CCc3nc(NC(=O)C4CCCO4)sc3C2)c1. The highest BCUT2D eigenvalue weighted by molar-refractivity contribution is 7.15. The average Bonchev–Trinajstić information content (AvgIpc) is 3.37. The molecule has 1 atom stereocenters. The molecule has 0 aliphatic carbocycles. The van der Waals surface area contributed by atoms with Gasteiger partial charge in [-0.3, -0.25) is 10.1 Å². The Balaban J connectivity index is 1.38. The van der Waals surface area contributed by atoms with Gasteiger partial charge >= 0.3 is 6.03 Å². The van der Waals surface area contributed by atoms with E-state index in [1.165, 1.54) is 11.3 Å². The number of rotatable bonds is 4. The zero-order valence-electron chi connectivity index (χ0n) is 15.6. The van der Waals surface area contributed by atoms with Crippen molar-refractivity contribution in [3.05, 3.63) is 34.8 Å². The third-order valence-corrected chi connectivity index (χ3v) is 5.79. The Kier molecular flexibility index (Phi) is 5.45. The van der Waals surface area contributed by atoms with Crippen molar-refractivity contribution in [2.24, 2.45) is 0 Å². The van der Waals surface area contributed by atoms with E-state index in [0.29, 0.717) is 42.7 Å². The van der Waals surface area contributed by atoms with Crippen LogP contribution in [0.5, 0.6) is 5.75 Å². The zero-order valence-corrected chi connectivity index (χ0v) is 16.4. The van der Waals surface area contributed by atoms with Gasteiger partial charge in [0, 0.05) is 36.2 Å². The number of methoxy groups -OCH3 is 1. The molecule has 1 aromatic heterocycles. The van der Waals surface area contributed by atoms with Crippen molar-refractivity contribution in [2.75, 3.05) is 30.9 Å². The molecule has 148 valence electrons. The number of hydrogen-bond donors (Lipinski definition) is 2. The molecule has 0 radical (unpaired) electrons. The Bertz CT molecular complexity index is 879. The topological polar surface area (TPSA) is 92.8 Å². The van der Waals surface area contributed by atoms with Gasteiger partial charge in [-0.15, -0.1) is 0 Å². The number of benzene rings is 1. The summed E-state index contributed by atoms with van der Waals surface area (Å²) < 4.78 is 10.6. The summed E-state index contributed by atoms with van der Waals surface area (Å²) in [4.78, 5) is 32.1. The first kappa shape index (κ1) is 18.7. The average molecular weight is 402 g/mol. The molecule has 0 spiro atoms. The van der Waals surface area contributed by atoms with Crippen LogP contribution in [0, 0.1) is 0 Å². The molecule has 3 heterocycles. The number of fused-ring (bicyclic) bond motifs is 1. The second-order valence-electron chi connectivity index (χ2n) is 6.71. The van der Waals surface area contributed by atoms with E-state index in [4.69, 9.17) is 9.47 Å². The lowest BCUT2D eigenvalue weighted by Gasteiger charge is -2.26. The lowest BCUT2D eigenvalue weighted by Crippen LogP contribution is -2.38. The molecule has 4 rings (SSSR count). The molecule has 1 aromatic carbocycles. The van der Waals surface area contributed by atoms with E-state index in [1.54, 1.807) is 18.1 Å². The number of amides is 3. The molecule has 2 aromatic rings. The van der Waals surface area contributed by atoms with Crippen molar-refractivity contribution in [2.45, 2.75) is 31.9 Å². The van der Waals surface area contributed by atoms with Crippen molar-refractivity contribution in [3.63, 3.8) is 0 Å². The summed E-state index contributed by atoms with van der Waals surface area (Å²) in [6.07, 6.45) is 1.93. The number of hydrogen-bond acceptors (Lipinski definition) is 6. The quantitative estimate of drug-likeness (QED) is 0.820. The van der Waals surface area contributed by atoms with Gasteiger partial charge in [0.05, 0.1) is 19.3 Å². The van der Waals surface area contributed by atoms with E-state index in [1.807, 2.05) is 18.2 Å². The second-order valence-corrected chi connectivity index (χ2v) is 7.80. The molecular weight excluding hydrogens is 380 g/mol. The molecule has 3 amide bonds. The number of nitrogens with zero attached hydrogens (tertiary/aromatic N) is 2. The van der Waals surface area contributed by atoms with Crippen molar-refractivity contribution in [3.8, 4) is 5.75 Å². The van der Waals surface area contributed by atoms with Crippen LogP contribution in [0.4, 0.5) is 15.6 Å². The minimum Gasteiger partial charge on any atom is -0.497 e. The molecule has 1 unspecified atom stereocenters. The zero-order chi connectivity index (χ0) is 19.5. The number of anilines is 2. The summed E-state index contributed by atoms with van der Waals surface area (Å²) in [7, 11) is 1.59. The van der Waals surface area contributed by atoms with Crippen LogP contribution in [0.25, 0.3) is 0 Å². The minimum absolute atomic E-state index is 0.142. The third-order valence-electron chi connectivity index (χ3n) is 4.79. The van der Waals surface area contributed by atoms with Crippen LogP contribution in [0.1, 0.15) is 23.4 Å². The molecular formula is C19H22N4O4S. The van der Waals surface area contributed by atoms with E-state index in [9.17, 15) is 9.59 Å². The summed E-state index contributed by atoms with van der Waals surface area (Å²) in [5.41, 5.74) is 1.63. The molecule has 0 bridgehead atoms. The number of ether oxygens (including phenoxy) is 2. The molecule has 2 aliphatic rings. The number of thiazole rings is 1. The van der Waals surface area contributed by atoms with Gasteiger partial charge in [-0.1, -0.05) is 17.4 Å². The first-order valence-electron chi connectivity index (χ1n) is 9.23. The van der Waals surface area contributed by atoms with Crippen LogP contribution in [-0.2, 0) is 22.5 Å². The van der Waals surface area contributed by atoms with Gasteiger partial charge < -0.3 is 19.7 Å².